The number of anilines is 1. The number of nitrogens with one attached hydrogen (secondary N) is 1. The lowest BCUT2D eigenvalue weighted by molar-refractivity contribution is 0.303. The Morgan fingerprint density at radius 3 is 3.05 bits per heavy atom. The number of hydrogen-bond acceptors (Lipinski definition) is 5. The molecular formula is C13H14N4OS. The zero-order chi connectivity index (χ0) is 13.2. The Labute approximate surface area is 114 Å². The first-order chi connectivity index (χ1) is 9.28. The van der Waals surface area contributed by atoms with Gasteiger partial charge in [-0.2, -0.15) is 0 Å². The number of hydrogen-bond donors (Lipinski definition) is 2. The van der Waals surface area contributed by atoms with Crippen LogP contribution in [0.2, 0.25) is 0 Å². The van der Waals surface area contributed by atoms with Crippen LogP contribution in [0.5, 0.6) is 0 Å². The van der Waals surface area contributed by atoms with Crippen molar-refractivity contribution < 1.29 is 5.11 Å². The normalized spacial score (nSPS) is 11.1. The maximum atomic E-state index is 8.95. The van der Waals surface area contributed by atoms with Crippen LogP contribution < -0.4 is 4.90 Å². The van der Waals surface area contributed by atoms with Crippen molar-refractivity contribution >= 4 is 28.3 Å². The number of aromatic nitrogens is 3. The van der Waals surface area contributed by atoms with Gasteiger partial charge in [0.05, 0.1) is 17.6 Å². The maximum absolute atomic E-state index is 8.95. The van der Waals surface area contributed by atoms with Crippen LogP contribution >= 0.6 is 11.3 Å². The highest BCUT2D eigenvalue weighted by molar-refractivity contribution is 7.13. The number of rotatable bonds is 4. The average molecular weight is 274 g/mol. The van der Waals surface area contributed by atoms with E-state index in [1.165, 1.54) is 0 Å². The van der Waals surface area contributed by atoms with Crippen LogP contribution in [0.3, 0.4) is 0 Å². The number of nitrogens with zero attached hydrogens (tertiary/aromatic N) is 3. The van der Waals surface area contributed by atoms with Crippen molar-refractivity contribution in [2.75, 3.05) is 25.1 Å². The second-order valence-electron chi connectivity index (χ2n) is 4.27. The van der Waals surface area contributed by atoms with Gasteiger partial charge >= 0.3 is 0 Å². The zero-order valence-electron chi connectivity index (χ0n) is 10.5. The molecule has 2 N–H and O–H groups in total. The summed E-state index contributed by atoms with van der Waals surface area (Å²) in [7, 11) is 1.90. The standard InChI is InChI=1S/C13H14N4OS/c1-17(5-6-18)13-15-10-3-2-9(8-11(10)16-13)12-14-4-7-19-12/h2-4,7-8,18H,5-6H2,1H3,(H,15,16). The summed E-state index contributed by atoms with van der Waals surface area (Å²) in [6, 6.07) is 6.06. The van der Waals surface area contributed by atoms with E-state index in [-0.39, 0.29) is 6.61 Å². The molecule has 0 aliphatic heterocycles. The molecule has 3 rings (SSSR count). The molecule has 3 aromatic rings. The highest BCUT2D eigenvalue weighted by atomic mass is 32.1. The molecule has 0 spiro atoms. The van der Waals surface area contributed by atoms with Gasteiger partial charge in [0.25, 0.3) is 0 Å². The Balaban J connectivity index is 1.99. The lowest BCUT2D eigenvalue weighted by Gasteiger charge is -2.12. The first-order valence-corrected chi connectivity index (χ1v) is 6.87. The van der Waals surface area contributed by atoms with Crippen molar-refractivity contribution in [3.8, 4) is 10.6 Å². The van der Waals surface area contributed by atoms with Crippen LogP contribution in [0.4, 0.5) is 5.95 Å². The minimum Gasteiger partial charge on any atom is -0.395 e. The fourth-order valence-electron chi connectivity index (χ4n) is 1.93. The van der Waals surface area contributed by atoms with E-state index >= 15 is 0 Å². The number of fused-ring (bicyclic) bond motifs is 1. The number of thiazole rings is 1. The minimum atomic E-state index is 0.109. The SMILES string of the molecule is CN(CCO)c1nc2ccc(-c3nccs3)cc2[nH]1. The van der Waals surface area contributed by atoms with E-state index in [2.05, 4.69) is 21.0 Å². The fraction of sp³-hybridized carbons (Fsp3) is 0.231. The van der Waals surface area contributed by atoms with Gasteiger partial charge in [0.15, 0.2) is 0 Å². The van der Waals surface area contributed by atoms with Gasteiger partial charge in [-0.3, -0.25) is 0 Å². The van der Waals surface area contributed by atoms with Crippen LogP contribution in [-0.2, 0) is 0 Å². The summed E-state index contributed by atoms with van der Waals surface area (Å²) in [5.74, 6) is 0.764. The Hall–Kier alpha value is -1.92. The topological polar surface area (TPSA) is 65.0 Å². The second kappa shape index (κ2) is 4.99. The molecule has 0 saturated heterocycles. The van der Waals surface area contributed by atoms with Gasteiger partial charge in [0, 0.05) is 30.7 Å². The summed E-state index contributed by atoms with van der Waals surface area (Å²) in [6.45, 7) is 0.664. The maximum Gasteiger partial charge on any atom is 0.203 e. The van der Waals surface area contributed by atoms with E-state index in [9.17, 15) is 0 Å². The average Bonchev–Trinajstić information content (AvgIpc) is 3.07. The zero-order valence-corrected chi connectivity index (χ0v) is 11.3. The number of aliphatic hydroxyl groups is 1. The van der Waals surface area contributed by atoms with Crippen molar-refractivity contribution in [3.63, 3.8) is 0 Å². The molecule has 5 nitrogen and oxygen atoms in total. The summed E-state index contributed by atoms with van der Waals surface area (Å²) in [5, 5.41) is 11.9. The predicted octanol–water partition coefficient (Wildman–Crippen LogP) is 2.11. The Bertz CT molecular complexity index is 677. The lowest BCUT2D eigenvalue weighted by Crippen LogP contribution is -2.22. The number of likely N-dealkylation sites (N-methyl/N-ethyl adjacent to an activating group) is 1. The van der Waals surface area contributed by atoms with Crippen molar-refractivity contribution in [1.82, 2.24) is 15.0 Å². The molecule has 2 heterocycles. The first-order valence-electron chi connectivity index (χ1n) is 5.99. The van der Waals surface area contributed by atoms with Crippen LogP contribution in [0.25, 0.3) is 21.6 Å². The Kier molecular flexibility index (Phi) is 3.18. The molecular weight excluding hydrogens is 260 g/mol. The Morgan fingerprint density at radius 2 is 2.32 bits per heavy atom. The molecule has 19 heavy (non-hydrogen) atoms. The highest BCUT2D eigenvalue weighted by Crippen LogP contribution is 2.26. The predicted molar refractivity (Wildman–Crippen MR) is 77.6 cm³/mol. The van der Waals surface area contributed by atoms with Crippen LogP contribution in [0.15, 0.2) is 29.8 Å². The van der Waals surface area contributed by atoms with E-state index in [0.29, 0.717) is 6.54 Å². The summed E-state index contributed by atoms with van der Waals surface area (Å²) in [4.78, 5) is 14.0. The van der Waals surface area contributed by atoms with E-state index in [1.54, 1.807) is 17.5 Å². The van der Waals surface area contributed by atoms with Gasteiger partial charge in [-0.05, 0) is 18.2 Å². The lowest BCUT2D eigenvalue weighted by atomic mass is 10.2. The summed E-state index contributed by atoms with van der Waals surface area (Å²) in [6.07, 6.45) is 1.80. The molecule has 0 amide bonds. The second-order valence-corrected chi connectivity index (χ2v) is 5.17. The van der Waals surface area contributed by atoms with Gasteiger partial charge < -0.3 is 15.0 Å². The summed E-state index contributed by atoms with van der Waals surface area (Å²) < 4.78 is 0. The van der Waals surface area contributed by atoms with Crippen molar-refractivity contribution in [2.24, 2.45) is 0 Å². The number of imidazole rings is 1. The van der Waals surface area contributed by atoms with Gasteiger partial charge in [-0.25, -0.2) is 9.97 Å². The molecule has 0 aliphatic carbocycles. The fourth-order valence-corrected chi connectivity index (χ4v) is 2.57. The van der Waals surface area contributed by atoms with Gasteiger partial charge in [-0.15, -0.1) is 11.3 Å². The summed E-state index contributed by atoms with van der Waals surface area (Å²) in [5.41, 5.74) is 2.98. The monoisotopic (exact) mass is 274 g/mol. The van der Waals surface area contributed by atoms with Gasteiger partial charge in [0.2, 0.25) is 5.95 Å². The Morgan fingerprint density at radius 1 is 1.42 bits per heavy atom. The number of aliphatic hydroxyl groups excluding tert-OH is 1. The van der Waals surface area contributed by atoms with E-state index < -0.39 is 0 Å². The third-order valence-corrected chi connectivity index (χ3v) is 3.77. The van der Waals surface area contributed by atoms with Gasteiger partial charge in [-0.1, -0.05) is 0 Å². The van der Waals surface area contributed by atoms with Gasteiger partial charge in [0.1, 0.15) is 5.01 Å². The molecule has 1 aromatic carbocycles. The molecule has 0 aliphatic rings. The van der Waals surface area contributed by atoms with Crippen LogP contribution in [0, 0.1) is 0 Å². The van der Waals surface area contributed by atoms with Crippen molar-refractivity contribution in [1.29, 1.82) is 0 Å². The molecule has 2 aromatic heterocycles. The molecule has 0 bridgehead atoms. The molecule has 0 saturated carbocycles. The van der Waals surface area contributed by atoms with Crippen LogP contribution in [0.1, 0.15) is 0 Å². The number of benzene rings is 1. The molecule has 6 heteroatoms. The molecule has 0 fully saturated rings. The third-order valence-electron chi connectivity index (χ3n) is 2.95. The van der Waals surface area contributed by atoms with Crippen LogP contribution in [-0.4, -0.2) is 40.3 Å². The quantitative estimate of drug-likeness (QED) is 0.765. The molecule has 0 atom stereocenters. The summed E-state index contributed by atoms with van der Waals surface area (Å²) >= 11 is 1.62. The number of aromatic amines is 1. The third kappa shape index (κ3) is 2.32. The molecule has 98 valence electrons. The van der Waals surface area contributed by atoms with Crippen molar-refractivity contribution in [3.05, 3.63) is 29.8 Å². The minimum absolute atomic E-state index is 0.109. The molecule has 0 unspecified atom stereocenters. The number of H-pyrrole nitrogens is 1. The highest BCUT2D eigenvalue weighted by Gasteiger charge is 2.08. The van der Waals surface area contributed by atoms with E-state index in [1.807, 2.05) is 29.5 Å². The van der Waals surface area contributed by atoms with E-state index in [4.69, 9.17) is 5.11 Å². The largest absolute Gasteiger partial charge is 0.395 e. The smallest absolute Gasteiger partial charge is 0.203 e. The van der Waals surface area contributed by atoms with Crippen molar-refractivity contribution in [2.45, 2.75) is 0 Å². The molecule has 0 radical (unpaired) electrons. The first kappa shape index (κ1) is 12.1. The van der Waals surface area contributed by atoms with E-state index in [0.717, 1.165) is 27.6 Å².